The van der Waals surface area contributed by atoms with Crippen molar-refractivity contribution in [1.29, 1.82) is 0 Å². The average Bonchev–Trinajstić information content (AvgIpc) is 3.70. The highest BCUT2D eigenvalue weighted by molar-refractivity contribution is 5.95. The van der Waals surface area contributed by atoms with E-state index in [2.05, 4.69) is 35.9 Å². The molecule has 2 aromatic heterocycles. The predicted octanol–water partition coefficient (Wildman–Crippen LogP) is -1.19. The molecule has 4 rings (SSSR count). The topological polar surface area (TPSA) is 317 Å². The van der Waals surface area contributed by atoms with E-state index in [0.29, 0.717) is 12.8 Å². The standard InChI is InChI=1S/C34H47N13O4/c35-23(15-19-17-43-24-9-3-1-7-21(19)24)30(49)47-28(16-20-18-44-25-10-4-2-8-22(20)25)32(51)46-27(12-6-14-42-34(39)40)31(50)45-26(29(36)48)11-5-13-41-33(37)38/h1-4,7-10,17-18,23,26-28,43-44H,5-6,11-16,35H2,(H2,36,48)(H,45,50)(H,46,51)(H,47,49)(H4,37,38,41)(H4,39,40,42)/t23-,26-,27-,28-/m0/s1. The number of guanidine groups is 2. The molecule has 0 bridgehead atoms. The number of nitrogens with zero attached hydrogens (tertiary/aromatic N) is 2. The van der Waals surface area contributed by atoms with Crippen LogP contribution in [0.3, 0.4) is 0 Å². The van der Waals surface area contributed by atoms with Crippen LogP contribution in [0.2, 0.25) is 0 Å². The number of H-pyrrole nitrogens is 2. The van der Waals surface area contributed by atoms with Gasteiger partial charge in [0.25, 0.3) is 0 Å². The van der Waals surface area contributed by atoms with Gasteiger partial charge in [0.05, 0.1) is 6.04 Å². The van der Waals surface area contributed by atoms with E-state index in [-0.39, 0.29) is 50.7 Å². The molecule has 0 saturated carbocycles. The third-order valence-electron chi connectivity index (χ3n) is 8.37. The zero-order valence-corrected chi connectivity index (χ0v) is 28.2. The SMILES string of the molecule is NC(=O)[C@H](CCCN=C(N)N)NC(=O)[C@H](CCCN=C(N)N)NC(=O)[C@H](Cc1c[nH]c2ccccc12)NC(=O)[C@@H](N)Cc1c[nH]c2ccccc12. The summed E-state index contributed by atoms with van der Waals surface area (Å²) in [6, 6.07) is 10.9. The van der Waals surface area contributed by atoms with Gasteiger partial charge in [-0.1, -0.05) is 36.4 Å². The minimum Gasteiger partial charge on any atom is -0.370 e. The first kappa shape index (κ1) is 37.7. The van der Waals surface area contributed by atoms with E-state index < -0.39 is 47.8 Å². The van der Waals surface area contributed by atoms with E-state index in [0.717, 1.165) is 32.9 Å². The van der Waals surface area contributed by atoms with E-state index >= 15 is 0 Å². The van der Waals surface area contributed by atoms with Gasteiger partial charge in [0.15, 0.2) is 11.9 Å². The minimum absolute atomic E-state index is 0.0818. The maximum Gasteiger partial charge on any atom is 0.243 e. The minimum atomic E-state index is -1.14. The summed E-state index contributed by atoms with van der Waals surface area (Å²) in [7, 11) is 0. The second kappa shape index (κ2) is 18.1. The maximum absolute atomic E-state index is 14.0. The molecule has 0 unspecified atom stereocenters. The number of aromatic nitrogens is 2. The Morgan fingerprint density at radius 2 is 1.06 bits per heavy atom. The number of fused-ring (bicyclic) bond motifs is 2. The molecule has 0 aliphatic rings. The molecule has 0 radical (unpaired) electrons. The van der Waals surface area contributed by atoms with Crippen LogP contribution in [0.4, 0.5) is 0 Å². The summed E-state index contributed by atoms with van der Waals surface area (Å²) < 4.78 is 0. The Hall–Kier alpha value is -6.10. The van der Waals surface area contributed by atoms with Gasteiger partial charge in [0, 0.05) is 53.7 Å². The number of nitrogens with two attached hydrogens (primary N) is 6. The van der Waals surface area contributed by atoms with Gasteiger partial charge >= 0.3 is 0 Å². The van der Waals surface area contributed by atoms with Gasteiger partial charge in [-0.15, -0.1) is 0 Å². The Labute approximate surface area is 294 Å². The first-order chi connectivity index (χ1) is 24.4. The molecule has 4 atom stereocenters. The van der Waals surface area contributed by atoms with Crippen molar-refractivity contribution in [2.45, 2.75) is 62.7 Å². The molecular formula is C34H47N13O4. The second-order valence-corrected chi connectivity index (χ2v) is 12.2. The summed E-state index contributed by atoms with van der Waals surface area (Å²) in [6.07, 6.45) is 4.77. The van der Waals surface area contributed by atoms with E-state index in [1.807, 2.05) is 48.5 Å². The molecule has 272 valence electrons. The molecule has 0 aliphatic heterocycles. The molecule has 17 heteroatoms. The summed E-state index contributed by atoms with van der Waals surface area (Å²) in [5, 5.41) is 10.0. The number of nitrogens with one attached hydrogen (secondary N) is 5. The molecular weight excluding hydrogens is 654 g/mol. The van der Waals surface area contributed by atoms with Crippen molar-refractivity contribution in [3.8, 4) is 0 Å². The molecule has 17 nitrogen and oxygen atoms in total. The number of primary amides is 1. The van der Waals surface area contributed by atoms with E-state index in [1.165, 1.54) is 0 Å². The number of aliphatic imine (C=N–C) groups is 2. The van der Waals surface area contributed by atoms with Crippen molar-refractivity contribution in [2.24, 2.45) is 44.4 Å². The zero-order valence-electron chi connectivity index (χ0n) is 28.2. The lowest BCUT2D eigenvalue weighted by atomic mass is 10.0. The maximum atomic E-state index is 14.0. The van der Waals surface area contributed by atoms with Gasteiger partial charge in [-0.3, -0.25) is 29.2 Å². The van der Waals surface area contributed by atoms with Crippen molar-refractivity contribution < 1.29 is 19.2 Å². The van der Waals surface area contributed by atoms with Crippen LogP contribution in [0.15, 0.2) is 70.9 Å². The zero-order chi connectivity index (χ0) is 36.9. The quantitative estimate of drug-likeness (QED) is 0.0318. The fourth-order valence-corrected chi connectivity index (χ4v) is 5.74. The fourth-order valence-electron chi connectivity index (χ4n) is 5.74. The predicted molar refractivity (Wildman–Crippen MR) is 197 cm³/mol. The number of carbonyl (C=O) groups is 4. The van der Waals surface area contributed by atoms with Gasteiger partial charge in [0.2, 0.25) is 23.6 Å². The summed E-state index contributed by atoms with van der Waals surface area (Å²) in [5.74, 6) is -2.85. The van der Waals surface area contributed by atoms with Crippen molar-refractivity contribution in [3.63, 3.8) is 0 Å². The third kappa shape index (κ3) is 10.9. The van der Waals surface area contributed by atoms with Gasteiger partial charge < -0.3 is 60.3 Å². The van der Waals surface area contributed by atoms with Crippen molar-refractivity contribution in [2.75, 3.05) is 13.1 Å². The highest BCUT2D eigenvalue weighted by atomic mass is 16.2. The van der Waals surface area contributed by atoms with Crippen LogP contribution < -0.4 is 50.4 Å². The number of para-hydroxylation sites is 2. The van der Waals surface area contributed by atoms with Gasteiger partial charge in [0.1, 0.15) is 18.1 Å². The lowest BCUT2D eigenvalue weighted by Gasteiger charge is -2.25. The fraction of sp³-hybridized carbons (Fsp3) is 0.353. The van der Waals surface area contributed by atoms with Crippen molar-refractivity contribution in [1.82, 2.24) is 25.9 Å². The largest absolute Gasteiger partial charge is 0.370 e. The number of hydrogen-bond donors (Lipinski definition) is 11. The van der Waals surface area contributed by atoms with Gasteiger partial charge in [-0.05, 0) is 55.4 Å². The Morgan fingerprint density at radius 3 is 1.59 bits per heavy atom. The molecule has 4 aromatic rings. The lowest BCUT2D eigenvalue weighted by Crippen LogP contribution is -2.58. The van der Waals surface area contributed by atoms with Crippen LogP contribution in [-0.2, 0) is 32.0 Å². The van der Waals surface area contributed by atoms with Crippen molar-refractivity contribution in [3.05, 3.63) is 72.1 Å². The molecule has 0 spiro atoms. The molecule has 0 saturated heterocycles. The Bertz CT molecular complexity index is 1870. The first-order valence-corrected chi connectivity index (χ1v) is 16.6. The van der Waals surface area contributed by atoms with Crippen LogP contribution in [0.25, 0.3) is 21.8 Å². The molecule has 51 heavy (non-hydrogen) atoms. The van der Waals surface area contributed by atoms with Gasteiger partial charge in [-0.2, -0.15) is 0 Å². The second-order valence-electron chi connectivity index (χ2n) is 12.2. The average molecular weight is 702 g/mol. The Balaban J connectivity index is 1.54. The number of carbonyl (C=O) groups excluding carboxylic acids is 4. The molecule has 4 amide bonds. The number of amides is 4. The molecule has 17 N–H and O–H groups in total. The Kier molecular flexibility index (Phi) is 13.3. The molecule has 0 aliphatic carbocycles. The highest BCUT2D eigenvalue weighted by Gasteiger charge is 2.30. The van der Waals surface area contributed by atoms with Crippen LogP contribution in [0, 0.1) is 0 Å². The summed E-state index contributed by atoms with van der Waals surface area (Å²) in [5.41, 5.74) is 37.0. The highest BCUT2D eigenvalue weighted by Crippen LogP contribution is 2.21. The number of aromatic amines is 2. The summed E-state index contributed by atoms with van der Waals surface area (Å²) >= 11 is 0. The number of rotatable bonds is 19. The van der Waals surface area contributed by atoms with Crippen LogP contribution >= 0.6 is 0 Å². The molecule has 2 aromatic carbocycles. The van der Waals surface area contributed by atoms with Crippen LogP contribution in [0.5, 0.6) is 0 Å². The first-order valence-electron chi connectivity index (χ1n) is 16.6. The monoisotopic (exact) mass is 701 g/mol. The summed E-state index contributed by atoms with van der Waals surface area (Å²) in [4.78, 5) is 67.6. The number of benzene rings is 2. The van der Waals surface area contributed by atoms with E-state index in [4.69, 9.17) is 34.4 Å². The molecule has 2 heterocycles. The van der Waals surface area contributed by atoms with E-state index in [9.17, 15) is 19.2 Å². The van der Waals surface area contributed by atoms with E-state index in [1.54, 1.807) is 12.4 Å². The van der Waals surface area contributed by atoms with Crippen molar-refractivity contribution >= 4 is 57.4 Å². The van der Waals surface area contributed by atoms with Gasteiger partial charge in [-0.25, -0.2) is 0 Å². The Morgan fingerprint density at radius 1 is 0.608 bits per heavy atom. The lowest BCUT2D eigenvalue weighted by molar-refractivity contribution is -0.133. The smallest absolute Gasteiger partial charge is 0.243 e. The normalized spacial score (nSPS) is 13.4. The number of hydrogen-bond acceptors (Lipinski definition) is 7. The molecule has 0 fully saturated rings. The van der Waals surface area contributed by atoms with Crippen LogP contribution in [0.1, 0.15) is 36.8 Å². The summed E-state index contributed by atoms with van der Waals surface area (Å²) in [6.45, 7) is 0.399. The van der Waals surface area contributed by atoms with Crippen LogP contribution in [-0.4, -0.2) is 82.8 Å². The third-order valence-corrected chi connectivity index (χ3v) is 8.37.